The average molecular weight is 319 g/mol. The molecule has 0 saturated carbocycles. The first-order valence-corrected chi connectivity index (χ1v) is 7.30. The third kappa shape index (κ3) is 3.68. The molecule has 1 unspecified atom stereocenters. The number of amides is 1. The molecule has 7 heteroatoms. The number of aryl methyl sites for hydroxylation is 1. The monoisotopic (exact) mass is 319 g/mol. The molecule has 0 radical (unpaired) electrons. The fraction of sp³-hybridized carbons (Fsp3) is 0.438. The zero-order valence-corrected chi connectivity index (χ0v) is 13.6. The van der Waals surface area contributed by atoms with E-state index in [1.54, 1.807) is 19.1 Å². The number of H-pyrrole nitrogens is 1. The molecule has 7 nitrogen and oxygen atoms in total. The number of nitrogens with zero attached hydrogens (tertiary/aromatic N) is 1. The summed E-state index contributed by atoms with van der Waals surface area (Å²) < 4.78 is 5.17. The first-order valence-electron chi connectivity index (χ1n) is 7.30. The van der Waals surface area contributed by atoms with Crippen LogP contribution in [-0.2, 0) is 5.41 Å². The van der Waals surface area contributed by atoms with Gasteiger partial charge in [-0.1, -0.05) is 20.8 Å². The maximum Gasteiger partial charge on any atom is 0.264 e. The lowest BCUT2D eigenvalue weighted by atomic mass is 9.95. The molecule has 1 atom stereocenters. The zero-order valence-electron chi connectivity index (χ0n) is 13.6. The molecule has 2 aromatic rings. The molecule has 0 fully saturated rings. The van der Waals surface area contributed by atoms with Crippen LogP contribution in [0.2, 0.25) is 0 Å². The molecule has 0 bridgehead atoms. The standard InChI is InChI=1S/C16H21N3O4/c1-9-12(14(22)19-15(17-9)16(2,3)4)13(21)18-10(8-20)11-6-5-7-23-11/h5-7,10,20H,8H2,1-4H3,(H,18,21)(H,17,19,22). The van der Waals surface area contributed by atoms with Crippen LogP contribution in [0.5, 0.6) is 0 Å². The molecule has 0 aliphatic rings. The minimum Gasteiger partial charge on any atom is -0.467 e. The Morgan fingerprint density at radius 3 is 2.65 bits per heavy atom. The SMILES string of the molecule is Cc1nc(C(C)(C)C)[nH]c(=O)c1C(=O)NC(CO)c1ccco1. The van der Waals surface area contributed by atoms with Crippen molar-refractivity contribution in [2.45, 2.75) is 39.2 Å². The first kappa shape index (κ1) is 17.0. The van der Waals surface area contributed by atoms with Crippen molar-refractivity contribution in [3.05, 3.63) is 51.6 Å². The van der Waals surface area contributed by atoms with Crippen molar-refractivity contribution in [1.29, 1.82) is 0 Å². The van der Waals surface area contributed by atoms with E-state index in [1.807, 2.05) is 20.8 Å². The van der Waals surface area contributed by atoms with Gasteiger partial charge in [0.15, 0.2) is 0 Å². The average Bonchev–Trinajstić information content (AvgIpc) is 2.96. The van der Waals surface area contributed by atoms with Crippen LogP contribution in [0, 0.1) is 6.92 Å². The number of hydrogen-bond acceptors (Lipinski definition) is 5. The molecule has 2 heterocycles. The highest BCUT2D eigenvalue weighted by Gasteiger charge is 2.24. The number of carbonyl (C=O) groups excluding carboxylic acids is 1. The van der Waals surface area contributed by atoms with Crippen LogP contribution >= 0.6 is 0 Å². The highest BCUT2D eigenvalue weighted by molar-refractivity contribution is 5.95. The summed E-state index contributed by atoms with van der Waals surface area (Å²) >= 11 is 0. The predicted molar refractivity (Wildman–Crippen MR) is 84.3 cm³/mol. The number of aromatic nitrogens is 2. The zero-order chi connectivity index (χ0) is 17.2. The Bertz CT molecular complexity index is 742. The number of furan rings is 1. The second-order valence-electron chi connectivity index (χ2n) is 6.35. The Balaban J connectivity index is 2.31. The van der Waals surface area contributed by atoms with Gasteiger partial charge in [0.1, 0.15) is 23.2 Å². The molecular weight excluding hydrogens is 298 g/mol. The molecule has 0 aliphatic carbocycles. The smallest absolute Gasteiger partial charge is 0.264 e. The van der Waals surface area contributed by atoms with Gasteiger partial charge in [-0.05, 0) is 19.1 Å². The van der Waals surface area contributed by atoms with Crippen LogP contribution in [-0.4, -0.2) is 27.6 Å². The fourth-order valence-corrected chi connectivity index (χ4v) is 2.14. The normalized spacial score (nSPS) is 12.9. The molecule has 124 valence electrons. The Morgan fingerprint density at radius 2 is 2.17 bits per heavy atom. The molecule has 0 aliphatic heterocycles. The number of aromatic amines is 1. The lowest BCUT2D eigenvalue weighted by Gasteiger charge is -2.19. The summed E-state index contributed by atoms with van der Waals surface area (Å²) in [7, 11) is 0. The van der Waals surface area contributed by atoms with E-state index in [1.165, 1.54) is 6.26 Å². The third-order valence-electron chi connectivity index (χ3n) is 3.41. The van der Waals surface area contributed by atoms with Gasteiger partial charge in [-0.25, -0.2) is 4.98 Å². The Kier molecular flexibility index (Phi) is 4.70. The van der Waals surface area contributed by atoms with Gasteiger partial charge in [0.05, 0.1) is 18.6 Å². The van der Waals surface area contributed by atoms with Crippen LogP contribution in [0.4, 0.5) is 0 Å². The number of aliphatic hydroxyl groups excluding tert-OH is 1. The van der Waals surface area contributed by atoms with E-state index in [2.05, 4.69) is 15.3 Å². The van der Waals surface area contributed by atoms with E-state index >= 15 is 0 Å². The summed E-state index contributed by atoms with van der Waals surface area (Å²) in [5.74, 6) is 0.322. The molecule has 3 N–H and O–H groups in total. The number of nitrogens with one attached hydrogen (secondary N) is 2. The maximum absolute atomic E-state index is 12.4. The third-order valence-corrected chi connectivity index (χ3v) is 3.41. The van der Waals surface area contributed by atoms with Crippen molar-refractivity contribution in [2.24, 2.45) is 0 Å². The second-order valence-corrected chi connectivity index (χ2v) is 6.35. The molecule has 0 saturated heterocycles. The van der Waals surface area contributed by atoms with Gasteiger partial charge < -0.3 is 19.8 Å². The lowest BCUT2D eigenvalue weighted by Crippen LogP contribution is -2.36. The van der Waals surface area contributed by atoms with Crippen LogP contribution in [0.15, 0.2) is 27.6 Å². The second kappa shape index (κ2) is 6.37. The number of aliphatic hydroxyl groups is 1. The van der Waals surface area contributed by atoms with E-state index < -0.39 is 17.5 Å². The van der Waals surface area contributed by atoms with E-state index in [4.69, 9.17) is 4.42 Å². The van der Waals surface area contributed by atoms with E-state index in [9.17, 15) is 14.7 Å². The highest BCUT2D eigenvalue weighted by atomic mass is 16.3. The van der Waals surface area contributed by atoms with Gasteiger partial charge in [0.25, 0.3) is 11.5 Å². The van der Waals surface area contributed by atoms with Gasteiger partial charge in [-0.2, -0.15) is 0 Å². The van der Waals surface area contributed by atoms with Crippen molar-refractivity contribution >= 4 is 5.91 Å². The first-order chi connectivity index (χ1) is 10.7. The minimum atomic E-state index is -0.724. The molecule has 23 heavy (non-hydrogen) atoms. The van der Waals surface area contributed by atoms with Gasteiger partial charge in [0.2, 0.25) is 0 Å². The largest absolute Gasteiger partial charge is 0.467 e. The van der Waals surface area contributed by atoms with Gasteiger partial charge in [-0.3, -0.25) is 9.59 Å². The Morgan fingerprint density at radius 1 is 1.48 bits per heavy atom. The van der Waals surface area contributed by atoms with Crippen LogP contribution in [0.3, 0.4) is 0 Å². The van der Waals surface area contributed by atoms with Gasteiger partial charge >= 0.3 is 0 Å². The van der Waals surface area contributed by atoms with E-state index in [0.29, 0.717) is 17.3 Å². The minimum absolute atomic E-state index is 0.0667. The number of carbonyl (C=O) groups is 1. The number of hydrogen-bond donors (Lipinski definition) is 3. The number of rotatable bonds is 4. The molecule has 0 aromatic carbocycles. The summed E-state index contributed by atoms with van der Waals surface area (Å²) in [6.07, 6.45) is 1.45. The molecule has 2 aromatic heterocycles. The Hall–Kier alpha value is -2.41. The van der Waals surface area contributed by atoms with Crippen molar-refractivity contribution in [1.82, 2.24) is 15.3 Å². The molecule has 0 spiro atoms. The van der Waals surface area contributed by atoms with Gasteiger partial charge in [-0.15, -0.1) is 0 Å². The predicted octanol–water partition coefficient (Wildman–Crippen LogP) is 1.43. The van der Waals surface area contributed by atoms with Crippen molar-refractivity contribution < 1.29 is 14.3 Å². The highest BCUT2D eigenvalue weighted by Crippen LogP contribution is 2.18. The molecule has 1 amide bonds. The summed E-state index contributed by atoms with van der Waals surface area (Å²) in [5, 5.41) is 12.0. The lowest BCUT2D eigenvalue weighted by molar-refractivity contribution is 0.0904. The maximum atomic E-state index is 12.4. The summed E-state index contributed by atoms with van der Waals surface area (Å²) in [5.41, 5.74) is -0.563. The Labute approximate surface area is 133 Å². The van der Waals surface area contributed by atoms with Crippen LogP contribution < -0.4 is 10.9 Å². The van der Waals surface area contributed by atoms with E-state index in [0.717, 1.165) is 0 Å². The van der Waals surface area contributed by atoms with Crippen LogP contribution in [0.25, 0.3) is 0 Å². The van der Waals surface area contributed by atoms with Gasteiger partial charge in [0, 0.05) is 5.41 Å². The van der Waals surface area contributed by atoms with Crippen molar-refractivity contribution in [3.63, 3.8) is 0 Å². The molecule has 2 rings (SSSR count). The summed E-state index contributed by atoms with van der Waals surface area (Å²) in [6.45, 7) is 7.03. The van der Waals surface area contributed by atoms with Crippen molar-refractivity contribution in [3.8, 4) is 0 Å². The quantitative estimate of drug-likeness (QED) is 0.790. The summed E-state index contributed by atoms with van der Waals surface area (Å²) in [6, 6.07) is 2.57. The van der Waals surface area contributed by atoms with Crippen LogP contribution in [0.1, 0.15) is 54.4 Å². The fourth-order valence-electron chi connectivity index (χ4n) is 2.14. The van der Waals surface area contributed by atoms with Crippen molar-refractivity contribution in [2.75, 3.05) is 6.61 Å². The van der Waals surface area contributed by atoms with E-state index in [-0.39, 0.29) is 17.6 Å². The summed E-state index contributed by atoms with van der Waals surface area (Å²) in [4.78, 5) is 31.6. The topological polar surface area (TPSA) is 108 Å². The molecular formula is C16H21N3O4.